The van der Waals surface area contributed by atoms with Crippen LogP contribution in [-0.2, 0) is 0 Å². The van der Waals surface area contributed by atoms with Crippen molar-refractivity contribution in [3.63, 3.8) is 0 Å². The fourth-order valence-electron chi connectivity index (χ4n) is 5.92. The number of primary amides is 1. The molecule has 4 N–H and O–H groups in total. The first-order valence-corrected chi connectivity index (χ1v) is 13.4. The lowest BCUT2D eigenvalue weighted by atomic mass is 9.84. The zero-order valence-corrected chi connectivity index (χ0v) is 24.2. The minimum absolute atomic E-state index is 0.119. The monoisotopic (exact) mass is 568 g/mol. The molecule has 0 radical (unpaired) electrons. The Balaban J connectivity index is 1.97. The molecule has 0 aliphatic carbocycles. The maximum absolute atomic E-state index is 14.4. The van der Waals surface area contributed by atoms with Gasteiger partial charge in [0.15, 0.2) is 0 Å². The number of nitrogens with zero attached hydrogens (tertiary/aromatic N) is 3. The van der Waals surface area contributed by atoms with Gasteiger partial charge in [0.2, 0.25) is 5.91 Å². The zero-order chi connectivity index (χ0) is 30.8. The van der Waals surface area contributed by atoms with Gasteiger partial charge >= 0.3 is 11.9 Å². The molecule has 0 bridgehead atoms. The number of carboxylic acids is 2. The van der Waals surface area contributed by atoms with Gasteiger partial charge in [-0.2, -0.15) is 0 Å². The summed E-state index contributed by atoms with van der Waals surface area (Å²) >= 11 is 0. The molecule has 10 nitrogen and oxygen atoms in total. The zero-order valence-electron chi connectivity index (χ0n) is 24.2. The number of carbonyl (C=O) groups excluding carboxylic acids is 2. The molecule has 42 heavy (non-hydrogen) atoms. The first-order valence-electron chi connectivity index (χ1n) is 13.4. The van der Waals surface area contributed by atoms with Crippen molar-refractivity contribution in [2.24, 2.45) is 5.73 Å². The Labute approximate surface area is 241 Å². The van der Waals surface area contributed by atoms with Gasteiger partial charge in [0.25, 0.3) is 5.91 Å². The van der Waals surface area contributed by atoms with E-state index < -0.39 is 17.8 Å². The summed E-state index contributed by atoms with van der Waals surface area (Å²) < 4.78 is 0. The Kier molecular flexibility index (Phi) is 7.00. The maximum atomic E-state index is 14.4. The van der Waals surface area contributed by atoms with Crippen molar-refractivity contribution < 1.29 is 29.4 Å². The van der Waals surface area contributed by atoms with Gasteiger partial charge in [-0.25, -0.2) is 9.59 Å². The second-order valence-corrected chi connectivity index (χ2v) is 11.0. The second-order valence-electron chi connectivity index (χ2n) is 11.0. The Bertz CT molecular complexity index is 1870. The van der Waals surface area contributed by atoms with Crippen LogP contribution in [0.3, 0.4) is 0 Å². The number of hydrogen-bond acceptors (Lipinski definition) is 6. The van der Waals surface area contributed by atoms with Crippen LogP contribution < -0.4 is 5.73 Å². The van der Waals surface area contributed by atoms with Crippen LogP contribution in [0.2, 0.25) is 0 Å². The molecule has 0 saturated heterocycles. The molecule has 10 heteroatoms. The van der Waals surface area contributed by atoms with E-state index in [9.17, 15) is 29.4 Å². The number of rotatable bonds is 8. The molecule has 2 atom stereocenters. The Morgan fingerprint density at radius 2 is 0.905 bits per heavy atom. The number of amides is 2. The quantitative estimate of drug-likeness (QED) is 0.141. The average Bonchev–Trinajstić information content (AvgIpc) is 2.94. The topological polar surface area (TPSA) is 144 Å². The van der Waals surface area contributed by atoms with E-state index >= 15 is 0 Å². The summed E-state index contributed by atoms with van der Waals surface area (Å²) in [5.74, 6) is -3.47. The fourth-order valence-corrected chi connectivity index (χ4v) is 5.92. The van der Waals surface area contributed by atoms with Crippen LogP contribution in [0.1, 0.15) is 55.3 Å². The number of carbonyl (C=O) groups is 4. The van der Waals surface area contributed by atoms with Crippen LogP contribution in [0.4, 0.5) is 0 Å². The predicted molar refractivity (Wildman–Crippen MR) is 163 cm³/mol. The van der Waals surface area contributed by atoms with Gasteiger partial charge in [-0.3, -0.25) is 19.4 Å². The molecule has 0 saturated carbocycles. The van der Waals surface area contributed by atoms with Gasteiger partial charge in [-0.1, -0.05) is 24.3 Å². The number of benzene rings is 5. The largest absolute Gasteiger partial charge is 0.478 e. The highest BCUT2D eigenvalue weighted by atomic mass is 16.4. The third-order valence-electron chi connectivity index (χ3n) is 8.39. The highest BCUT2D eigenvalue weighted by molar-refractivity contribution is 6.38. The summed E-state index contributed by atoms with van der Waals surface area (Å²) in [6.45, 7) is 3.85. The minimum Gasteiger partial charge on any atom is -0.478 e. The first kappa shape index (κ1) is 28.7. The lowest BCUT2D eigenvalue weighted by Crippen LogP contribution is -2.55. The van der Waals surface area contributed by atoms with Crippen LogP contribution in [0.5, 0.6) is 0 Å². The highest BCUT2D eigenvalue weighted by Gasteiger charge is 2.32. The molecule has 0 heterocycles. The number of fused-ring (bicyclic) bond motifs is 2. The van der Waals surface area contributed by atoms with Crippen LogP contribution in [0.25, 0.3) is 43.1 Å². The molecule has 0 aliphatic heterocycles. The summed E-state index contributed by atoms with van der Waals surface area (Å²) in [7, 11) is 7.53. The predicted octanol–water partition coefficient (Wildman–Crippen LogP) is 4.49. The van der Waals surface area contributed by atoms with Gasteiger partial charge in [0.1, 0.15) is 0 Å². The van der Waals surface area contributed by atoms with Gasteiger partial charge in [-0.05, 0) is 98.6 Å². The van der Waals surface area contributed by atoms with Crippen molar-refractivity contribution in [2.45, 2.75) is 26.2 Å². The van der Waals surface area contributed by atoms with E-state index in [1.165, 1.54) is 12.1 Å². The molecule has 0 aliphatic rings. The molecular weight excluding hydrogens is 536 g/mol. The number of nitrogens with two attached hydrogens (primary N) is 1. The van der Waals surface area contributed by atoms with E-state index in [-0.39, 0.29) is 40.3 Å². The Morgan fingerprint density at radius 1 is 0.571 bits per heavy atom. The SMILES string of the molecule is CC(N(C)C)N(C(=O)c1ccc2c3ccc(C(=O)O)c4c(C(=O)O)ccc(c5ccc(C(N)=O)c1c52)c43)C(C)N(C)C. The molecule has 0 aromatic heterocycles. The summed E-state index contributed by atoms with van der Waals surface area (Å²) in [5, 5.41) is 24.0. The molecule has 5 rings (SSSR count). The van der Waals surface area contributed by atoms with Crippen molar-refractivity contribution >= 4 is 66.8 Å². The molecule has 5 aromatic carbocycles. The maximum Gasteiger partial charge on any atom is 0.336 e. The average molecular weight is 569 g/mol. The van der Waals surface area contributed by atoms with Crippen LogP contribution in [0.15, 0.2) is 48.5 Å². The van der Waals surface area contributed by atoms with Gasteiger partial charge in [-0.15, -0.1) is 0 Å². The molecular formula is C32H32N4O6. The van der Waals surface area contributed by atoms with Crippen molar-refractivity contribution in [3.05, 3.63) is 70.8 Å². The van der Waals surface area contributed by atoms with Crippen molar-refractivity contribution in [3.8, 4) is 0 Å². The van der Waals surface area contributed by atoms with Gasteiger partial charge < -0.3 is 20.8 Å². The van der Waals surface area contributed by atoms with E-state index in [4.69, 9.17) is 5.73 Å². The number of hydrogen-bond donors (Lipinski definition) is 3. The Morgan fingerprint density at radius 3 is 1.24 bits per heavy atom. The smallest absolute Gasteiger partial charge is 0.336 e. The summed E-state index contributed by atoms with van der Waals surface area (Å²) in [5.41, 5.74) is 6.10. The van der Waals surface area contributed by atoms with Gasteiger partial charge in [0.05, 0.1) is 23.5 Å². The van der Waals surface area contributed by atoms with E-state index in [0.717, 1.165) is 0 Å². The third-order valence-corrected chi connectivity index (χ3v) is 8.39. The van der Waals surface area contributed by atoms with E-state index in [0.29, 0.717) is 43.3 Å². The molecule has 5 aromatic rings. The van der Waals surface area contributed by atoms with Gasteiger partial charge in [0, 0.05) is 21.9 Å². The lowest BCUT2D eigenvalue weighted by Gasteiger charge is -2.41. The van der Waals surface area contributed by atoms with E-state index in [1.807, 2.05) is 51.8 Å². The van der Waals surface area contributed by atoms with Crippen LogP contribution in [0, 0.1) is 0 Å². The van der Waals surface area contributed by atoms with Crippen molar-refractivity contribution in [1.29, 1.82) is 0 Å². The second kappa shape index (κ2) is 10.2. The fraction of sp³-hybridized carbons (Fsp3) is 0.250. The highest BCUT2D eigenvalue weighted by Crippen LogP contribution is 2.44. The standard InChI is InChI=1S/C32H32N4O6/c1-15(34(3)4)36(16(2)35(5)6)30(38)22-12-8-18-20-10-14-24(32(41)42)28-23(31(39)40)13-9-19(26(20)28)17-7-11-21(29(33)37)27(22)25(17)18/h7-16H,1-6H3,(H2,33,37)(H,39,40)(H,41,42). The van der Waals surface area contributed by atoms with E-state index in [1.54, 1.807) is 41.3 Å². The summed E-state index contributed by atoms with van der Waals surface area (Å²) in [4.78, 5) is 57.2. The lowest BCUT2D eigenvalue weighted by molar-refractivity contribution is 0.00715. The van der Waals surface area contributed by atoms with E-state index in [2.05, 4.69) is 0 Å². The van der Waals surface area contributed by atoms with Crippen LogP contribution in [-0.4, -0.2) is 89.2 Å². The number of carboxylic acid groups (broad SMARTS) is 2. The normalized spacial score (nSPS) is 13.4. The summed E-state index contributed by atoms with van der Waals surface area (Å²) in [6, 6.07) is 12.8. The van der Waals surface area contributed by atoms with Crippen molar-refractivity contribution in [2.75, 3.05) is 28.2 Å². The van der Waals surface area contributed by atoms with Crippen molar-refractivity contribution in [1.82, 2.24) is 14.7 Å². The number of aromatic carboxylic acids is 2. The summed E-state index contributed by atoms with van der Waals surface area (Å²) in [6.07, 6.45) is -0.591. The first-order chi connectivity index (χ1) is 19.8. The molecule has 0 fully saturated rings. The molecule has 2 amide bonds. The Hall–Kier alpha value is -4.80. The molecule has 216 valence electrons. The third kappa shape index (κ3) is 4.18. The molecule has 2 unspecified atom stereocenters. The molecule has 0 spiro atoms. The van der Waals surface area contributed by atoms with Crippen LogP contribution >= 0.6 is 0 Å². The minimum atomic E-state index is -1.24.